The summed E-state index contributed by atoms with van der Waals surface area (Å²) in [6.45, 7) is 0.384. The molecule has 0 aliphatic carbocycles. The van der Waals surface area contributed by atoms with E-state index in [4.69, 9.17) is 21.1 Å². The number of halogens is 1. The molecule has 1 heterocycles. The van der Waals surface area contributed by atoms with Gasteiger partial charge in [0.25, 0.3) is 0 Å². The van der Waals surface area contributed by atoms with Gasteiger partial charge < -0.3 is 14.8 Å². The van der Waals surface area contributed by atoms with Gasteiger partial charge in [-0.05, 0) is 6.07 Å². The maximum absolute atomic E-state index is 12.1. The molecule has 1 atom stereocenters. The van der Waals surface area contributed by atoms with Gasteiger partial charge in [0, 0.05) is 34.0 Å². The van der Waals surface area contributed by atoms with Crippen molar-refractivity contribution in [3.63, 3.8) is 0 Å². The predicted octanol–water partition coefficient (Wildman–Crippen LogP) is 0.716. The topological polar surface area (TPSA) is 89.6 Å². The molecule has 7 nitrogen and oxygen atoms in total. The largest absolute Gasteiger partial charge is 0.382 e. The Hall–Kier alpha value is -0.930. The Balaban J connectivity index is 2.81. The molecular weight excluding hydrogens is 306 g/mol. The zero-order valence-electron chi connectivity index (χ0n) is 11.5. The Labute approximate surface area is 123 Å². The van der Waals surface area contributed by atoms with Gasteiger partial charge in [-0.25, -0.2) is 18.1 Å². The first kappa shape index (κ1) is 17.1. The molecule has 20 heavy (non-hydrogen) atoms. The van der Waals surface area contributed by atoms with Crippen molar-refractivity contribution in [2.24, 2.45) is 0 Å². The fraction of sp³-hybridized carbons (Fsp3) is 0.545. The summed E-state index contributed by atoms with van der Waals surface area (Å²) in [7, 11) is 0.955. The first-order valence-corrected chi connectivity index (χ1v) is 7.65. The smallest absolute Gasteiger partial charge is 0.242 e. The van der Waals surface area contributed by atoms with Crippen LogP contribution in [0.3, 0.4) is 0 Å². The van der Waals surface area contributed by atoms with Crippen LogP contribution in [0.5, 0.6) is 0 Å². The van der Waals surface area contributed by atoms with E-state index >= 15 is 0 Å². The summed E-state index contributed by atoms with van der Waals surface area (Å²) in [6.07, 6.45) is 0.868. The highest BCUT2D eigenvalue weighted by Gasteiger charge is 2.18. The summed E-state index contributed by atoms with van der Waals surface area (Å²) in [4.78, 5) is 3.92. The normalized spacial score (nSPS) is 13.2. The Morgan fingerprint density at radius 3 is 2.65 bits per heavy atom. The van der Waals surface area contributed by atoms with Crippen LogP contribution >= 0.6 is 11.6 Å². The van der Waals surface area contributed by atoms with Crippen LogP contribution in [0.4, 0.5) is 5.82 Å². The van der Waals surface area contributed by atoms with Crippen molar-refractivity contribution in [1.29, 1.82) is 0 Å². The second-order valence-corrected chi connectivity index (χ2v) is 6.09. The van der Waals surface area contributed by atoms with E-state index in [9.17, 15) is 8.42 Å². The van der Waals surface area contributed by atoms with Gasteiger partial charge in [0.2, 0.25) is 10.0 Å². The van der Waals surface area contributed by atoms with E-state index in [0.29, 0.717) is 5.82 Å². The van der Waals surface area contributed by atoms with E-state index < -0.39 is 10.0 Å². The van der Waals surface area contributed by atoms with Crippen molar-refractivity contribution in [1.82, 2.24) is 9.71 Å². The average Bonchev–Trinajstić information content (AvgIpc) is 2.43. The number of nitrogens with one attached hydrogen (secondary N) is 2. The Kier molecular flexibility index (Phi) is 6.63. The van der Waals surface area contributed by atoms with E-state index in [2.05, 4.69) is 15.0 Å². The van der Waals surface area contributed by atoms with Gasteiger partial charge in [-0.1, -0.05) is 11.6 Å². The van der Waals surface area contributed by atoms with Crippen LogP contribution in [-0.2, 0) is 19.5 Å². The second-order valence-electron chi connectivity index (χ2n) is 3.92. The van der Waals surface area contributed by atoms with Gasteiger partial charge in [0.15, 0.2) is 0 Å². The molecule has 0 spiro atoms. The third-order valence-electron chi connectivity index (χ3n) is 2.55. The number of aromatic nitrogens is 1. The number of ether oxygens (including phenoxy) is 2. The second kappa shape index (κ2) is 7.75. The van der Waals surface area contributed by atoms with Gasteiger partial charge in [-0.15, -0.1) is 0 Å². The number of methoxy groups -OCH3 is 2. The lowest BCUT2D eigenvalue weighted by atomic mass is 10.4. The molecule has 9 heteroatoms. The summed E-state index contributed by atoms with van der Waals surface area (Å²) in [5.41, 5.74) is 0. The van der Waals surface area contributed by atoms with E-state index in [1.807, 2.05) is 0 Å². The van der Waals surface area contributed by atoms with Gasteiger partial charge in [-0.2, -0.15) is 0 Å². The molecule has 0 aliphatic heterocycles. The van der Waals surface area contributed by atoms with E-state index in [0.717, 1.165) is 0 Å². The average molecular weight is 324 g/mol. The monoisotopic (exact) mass is 323 g/mol. The van der Waals surface area contributed by atoms with Crippen molar-refractivity contribution < 1.29 is 17.9 Å². The van der Waals surface area contributed by atoms with E-state index in [-0.39, 0.29) is 29.2 Å². The zero-order chi connectivity index (χ0) is 15.2. The number of sulfonamides is 1. The van der Waals surface area contributed by atoms with Gasteiger partial charge in [-0.3, -0.25) is 0 Å². The number of hydrogen-bond acceptors (Lipinski definition) is 6. The van der Waals surface area contributed by atoms with Crippen molar-refractivity contribution in [3.05, 3.63) is 17.3 Å². The first-order valence-electron chi connectivity index (χ1n) is 5.79. The molecular formula is C11H18ClN3O4S. The van der Waals surface area contributed by atoms with Crippen LogP contribution in [0, 0.1) is 0 Å². The number of anilines is 1. The molecule has 0 aromatic carbocycles. The third kappa shape index (κ3) is 4.57. The molecule has 1 aromatic rings. The minimum atomic E-state index is -3.69. The predicted molar refractivity (Wildman–Crippen MR) is 76.7 cm³/mol. The lowest BCUT2D eigenvalue weighted by molar-refractivity contribution is 0.0320. The minimum absolute atomic E-state index is 0.00577. The van der Waals surface area contributed by atoms with E-state index in [1.165, 1.54) is 26.5 Å². The quantitative estimate of drug-likeness (QED) is 0.732. The number of hydrogen-bond donors (Lipinski definition) is 2. The highest BCUT2D eigenvalue weighted by molar-refractivity contribution is 7.89. The Morgan fingerprint density at radius 2 is 2.15 bits per heavy atom. The molecule has 0 aliphatic rings. The highest BCUT2D eigenvalue weighted by atomic mass is 35.5. The van der Waals surface area contributed by atoms with Crippen molar-refractivity contribution in [2.45, 2.75) is 11.0 Å². The molecule has 1 aromatic heterocycles. The third-order valence-corrected chi connectivity index (χ3v) is 4.23. The molecule has 0 radical (unpaired) electrons. The van der Waals surface area contributed by atoms with Crippen LogP contribution in [0.1, 0.15) is 0 Å². The first-order chi connectivity index (χ1) is 9.44. The van der Waals surface area contributed by atoms with Crippen LogP contribution < -0.4 is 10.0 Å². The number of nitrogens with zero attached hydrogens (tertiary/aromatic N) is 1. The molecule has 0 saturated carbocycles. The van der Waals surface area contributed by atoms with Crippen LogP contribution in [-0.4, -0.2) is 53.9 Å². The Morgan fingerprint density at radius 1 is 1.45 bits per heavy atom. The summed E-state index contributed by atoms with van der Waals surface area (Å²) in [5, 5.41) is 2.99. The maximum atomic E-state index is 12.1. The Bertz CT molecular complexity index is 538. The summed E-state index contributed by atoms with van der Waals surface area (Å²) >= 11 is 5.91. The minimum Gasteiger partial charge on any atom is -0.382 e. The van der Waals surface area contributed by atoms with E-state index in [1.54, 1.807) is 7.05 Å². The lowest BCUT2D eigenvalue weighted by Gasteiger charge is -2.15. The summed E-state index contributed by atoms with van der Waals surface area (Å²) in [5.74, 6) is 0.416. The summed E-state index contributed by atoms with van der Waals surface area (Å²) in [6, 6.07) is 1.33. The van der Waals surface area contributed by atoms with Crippen molar-refractivity contribution in [3.8, 4) is 0 Å². The van der Waals surface area contributed by atoms with Crippen LogP contribution in [0.15, 0.2) is 17.2 Å². The van der Waals surface area contributed by atoms with Gasteiger partial charge >= 0.3 is 0 Å². The molecule has 0 amide bonds. The SMILES string of the molecule is CNc1ncc(S(=O)(=O)NCC(COC)OC)cc1Cl. The maximum Gasteiger partial charge on any atom is 0.242 e. The molecule has 0 fully saturated rings. The van der Waals surface area contributed by atoms with Gasteiger partial charge in [0.1, 0.15) is 10.7 Å². The fourth-order valence-electron chi connectivity index (χ4n) is 1.43. The highest BCUT2D eigenvalue weighted by Crippen LogP contribution is 2.21. The standard InChI is InChI=1S/C11H18ClN3O4S/c1-13-11-10(12)4-9(6-14-11)20(16,17)15-5-8(19-3)7-18-2/h4,6,8,15H,5,7H2,1-3H3,(H,13,14). The zero-order valence-corrected chi connectivity index (χ0v) is 13.1. The van der Waals surface area contributed by atoms with Crippen LogP contribution in [0.25, 0.3) is 0 Å². The number of pyridine rings is 1. The molecule has 0 saturated heterocycles. The van der Waals surface area contributed by atoms with Gasteiger partial charge in [0.05, 0.1) is 17.7 Å². The fourth-order valence-corrected chi connectivity index (χ4v) is 2.80. The molecule has 2 N–H and O–H groups in total. The molecule has 114 valence electrons. The van der Waals surface area contributed by atoms with Crippen molar-refractivity contribution in [2.75, 3.05) is 39.7 Å². The molecule has 0 bridgehead atoms. The molecule has 1 unspecified atom stereocenters. The number of rotatable bonds is 8. The van der Waals surface area contributed by atoms with Crippen molar-refractivity contribution >= 4 is 27.4 Å². The molecule has 1 rings (SSSR count). The lowest BCUT2D eigenvalue weighted by Crippen LogP contribution is -2.35. The summed E-state index contributed by atoms with van der Waals surface area (Å²) < 4.78 is 36.6. The van der Waals surface area contributed by atoms with Crippen LogP contribution in [0.2, 0.25) is 5.02 Å².